The van der Waals surface area contributed by atoms with Gasteiger partial charge >= 0.3 is 0 Å². The molecule has 0 amide bonds. The number of nitrogens with one attached hydrogen (secondary N) is 1. The van der Waals surface area contributed by atoms with E-state index in [4.69, 9.17) is 4.74 Å². The van der Waals surface area contributed by atoms with Gasteiger partial charge in [-0.3, -0.25) is 0 Å². The fraction of sp³-hybridized carbons (Fsp3) is 0.429. The Kier molecular flexibility index (Phi) is 1.53. The van der Waals surface area contributed by atoms with E-state index < -0.39 is 0 Å². The molecule has 1 fully saturated rings. The molecule has 1 aliphatic carbocycles. The van der Waals surface area contributed by atoms with E-state index in [0.717, 1.165) is 5.75 Å². The molecule has 2 nitrogen and oxygen atoms in total. The lowest BCUT2D eigenvalue weighted by Crippen LogP contribution is -2.61. The van der Waals surface area contributed by atoms with Crippen molar-refractivity contribution in [3.63, 3.8) is 0 Å². The summed E-state index contributed by atoms with van der Waals surface area (Å²) in [7, 11) is 0. The SMILES string of the molecule is C1=CC2c3ccccc3OC2C2(CCC2)N1. The second-order valence-electron chi connectivity index (χ2n) is 5.12. The van der Waals surface area contributed by atoms with Crippen LogP contribution in [0.4, 0.5) is 0 Å². The smallest absolute Gasteiger partial charge is 0.132 e. The van der Waals surface area contributed by atoms with Crippen molar-refractivity contribution >= 4 is 0 Å². The zero-order valence-electron chi connectivity index (χ0n) is 9.15. The average Bonchev–Trinajstić information content (AvgIpc) is 2.65. The standard InChI is InChI=1S/C14H15NO/c1-2-5-12-10(4-1)11-6-9-15-14(7-3-8-14)13(11)16-12/h1-2,4-6,9,11,13,15H,3,7-8H2. The molecule has 2 heteroatoms. The van der Waals surface area contributed by atoms with Crippen LogP contribution in [0.1, 0.15) is 30.7 Å². The highest BCUT2D eigenvalue weighted by Gasteiger charge is 2.52. The van der Waals surface area contributed by atoms with Gasteiger partial charge < -0.3 is 10.1 Å². The number of benzene rings is 1. The summed E-state index contributed by atoms with van der Waals surface area (Å²) in [5, 5.41) is 3.53. The van der Waals surface area contributed by atoms with Crippen molar-refractivity contribution in [3.8, 4) is 5.75 Å². The molecule has 2 heterocycles. The molecule has 82 valence electrons. The van der Waals surface area contributed by atoms with Crippen LogP contribution in [0.25, 0.3) is 0 Å². The van der Waals surface area contributed by atoms with E-state index in [-0.39, 0.29) is 5.54 Å². The summed E-state index contributed by atoms with van der Waals surface area (Å²) >= 11 is 0. The molecule has 4 rings (SSSR count). The van der Waals surface area contributed by atoms with Crippen molar-refractivity contribution in [2.45, 2.75) is 36.8 Å². The normalized spacial score (nSPS) is 32.2. The molecular weight excluding hydrogens is 198 g/mol. The first-order valence-electron chi connectivity index (χ1n) is 6.09. The van der Waals surface area contributed by atoms with Gasteiger partial charge in [-0.15, -0.1) is 0 Å². The summed E-state index contributed by atoms with van der Waals surface area (Å²) in [5.41, 5.74) is 1.58. The Morgan fingerprint density at radius 1 is 1.25 bits per heavy atom. The highest BCUT2D eigenvalue weighted by molar-refractivity contribution is 5.46. The van der Waals surface area contributed by atoms with Gasteiger partial charge in [-0.05, 0) is 31.5 Å². The summed E-state index contributed by atoms with van der Waals surface area (Å²) in [6.07, 6.45) is 8.50. The van der Waals surface area contributed by atoms with Crippen LogP contribution in [0.3, 0.4) is 0 Å². The fourth-order valence-electron chi connectivity index (χ4n) is 3.28. The maximum Gasteiger partial charge on any atom is 0.132 e. The molecule has 2 aliphatic heterocycles. The molecule has 2 atom stereocenters. The Morgan fingerprint density at radius 2 is 2.12 bits per heavy atom. The number of ether oxygens (including phenoxy) is 1. The zero-order valence-corrected chi connectivity index (χ0v) is 9.15. The highest BCUT2D eigenvalue weighted by atomic mass is 16.5. The van der Waals surface area contributed by atoms with Gasteiger partial charge in [0.25, 0.3) is 0 Å². The van der Waals surface area contributed by atoms with E-state index in [1.807, 2.05) is 0 Å². The Hall–Kier alpha value is -1.44. The summed E-state index contributed by atoms with van der Waals surface area (Å²) < 4.78 is 6.15. The molecule has 1 N–H and O–H groups in total. The van der Waals surface area contributed by atoms with Gasteiger partial charge in [0, 0.05) is 11.5 Å². The minimum atomic E-state index is 0.221. The third-order valence-corrected chi connectivity index (χ3v) is 4.32. The number of fused-ring (bicyclic) bond motifs is 4. The molecule has 16 heavy (non-hydrogen) atoms. The lowest BCUT2D eigenvalue weighted by molar-refractivity contribution is 0.0354. The summed E-state index contributed by atoms with van der Waals surface area (Å²) in [5.74, 6) is 1.54. The third-order valence-electron chi connectivity index (χ3n) is 4.32. The number of rotatable bonds is 0. The van der Waals surface area contributed by atoms with Crippen molar-refractivity contribution in [1.29, 1.82) is 0 Å². The van der Waals surface area contributed by atoms with Gasteiger partial charge in [-0.2, -0.15) is 0 Å². The van der Waals surface area contributed by atoms with Gasteiger partial charge in [-0.25, -0.2) is 0 Å². The van der Waals surface area contributed by atoms with Crippen LogP contribution in [-0.2, 0) is 0 Å². The van der Waals surface area contributed by atoms with Crippen LogP contribution in [0, 0.1) is 0 Å². The van der Waals surface area contributed by atoms with E-state index in [9.17, 15) is 0 Å². The lowest BCUT2D eigenvalue weighted by atomic mass is 9.67. The van der Waals surface area contributed by atoms with Gasteiger partial charge in [0.15, 0.2) is 0 Å². The predicted molar refractivity (Wildman–Crippen MR) is 62.5 cm³/mol. The number of para-hydroxylation sites is 1. The maximum atomic E-state index is 6.15. The van der Waals surface area contributed by atoms with Crippen LogP contribution in [0.5, 0.6) is 5.75 Å². The van der Waals surface area contributed by atoms with E-state index in [1.54, 1.807) is 0 Å². The van der Waals surface area contributed by atoms with E-state index in [2.05, 4.69) is 41.9 Å². The van der Waals surface area contributed by atoms with Crippen molar-refractivity contribution in [2.75, 3.05) is 0 Å². The molecule has 0 bridgehead atoms. The molecule has 0 saturated heterocycles. The Bertz CT molecular complexity index is 462. The van der Waals surface area contributed by atoms with Crippen molar-refractivity contribution < 1.29 is 4.74 Å². The van der Waals surface area contributed by atoms with Gasteiger partial charge in [0.05, 0.1) is 5.54 Å². The van der Waals surface area contributed by atoms with Crippen LogP contribution >= 0.6 is 0 Å². The fourth-order valence-corrected chi connectivity index (χ4v) is 3.28. The monoisotopic (exact) mass is 213 g/mol. The van der Waals surface area contributed by atoms with E-state index in [1.165, 1.54) is 24.8 Å². The molecule has 0 aromatic heterocycles. The van der Waals surface area contributed by atoms with E-state index >= 15 is 0 Å². The minimum Gasteiger partial charge on any atom is -0.487 e. The molecule has 1 aromatic carbocycles. The second-order valence-corrected chi connectivity index (χ2v) is 5.12. The molecule has 1 saturated carbocycles. The number of hydrogen-bond acceptors (Lipinski definition) is 2. The van der Waals surface area contributed by atoms with Crippen LogP contribution in [0.2, 0.25) is 0 Å². The molecule has 3 aliphatic rings. The second kappa shape index (κ2) is 2.82. The highest BCUT2D eigenvalue weighted by Crippen LogP contribution is 2.50. The molecule has 2 unspecified atom stereocenters. The van der Waals surface area contributed by atoms with Crippen molar-refractivity contribution in [1.82, 2.24) is 5.32 Å². The summed E-state index contributed by atoms with van der Waals surface area (Å²) in [6.45, 7) is 0. The predicted octanol–water partition coefficient (Wildman–Crippen LogP) is 2.57. The zero-order chi connectivity index (χ0) is 10.6. The van der Waals surface area contributed by atoms with Gasteiger partial charge in [0.1, 0.15) is 11.9 Å². The maximum absolute atomic E-state index is 6.15. The third kappa shape index (κ3) is 0.927. The number of hydrogen-bond donors (Lipinski definition) is 1. The van der Waals surface area contributed by atoms with Crippen LogP contribution < -0.4 is 10.1 Å². The molecule has 1 spiro atoms. The van der Waals surface area contributed by atoms with Gasteiger partial charge in [0.2, 0.25) is 0 Å². The minimum absolute atomic E-state index is 0.221. The average molecular weight is 213 g/mol. The van der Waals surface area contributed by atoms with Crippen molar-refractivity contribution in [3.05, 3.63) is 42.1 Å². The first kappa shape index (κ1) is 8.68. The first-order valence-corrected chi connectivity index (χ1v) is 6.09. The van der Waals surface area contributed by atoms with Crippen LogP contribution in [0.15, 0.2) is 36.5 Å². The summed E-state index contributed by atoms with van der Waals surface area (Å²) in [4.78, 5) is 0. The summed E-state index contributed by atoms with van der Waals surface area (Å²) in [6, 6.07) is 8.45. The molecular formula is C14H15NO. The van der Waals surface area contributed by atoms with Crippen LogP contribution in [-0.4, -0.2) is 11.6 Å². The Labute approximate surface area is 95.3 Å². The largest absolute Gasteiger partial charge is 0.487 e. The lowest BCUT2D eigenvalue weighted by Gasteiger charge is -2.49. The Morgan fingerprint density at radius 3 is 2.94 bits per heavy atom. The molecule has 0 radical (unpaired) electrons. The van der Waals surface area contributed by atoms with E-state index in [0.29, 0.717) is 12.0 Å². The first-order chi connectivity index (χ1) is 7.89. The molecule has 1 aromatic rings. The van der Waals surface area contributed by atoms with Crippen molar-refractivity contribution in [2.24, 2.45) is 0 Å². The van der Waals surface area contributed by atoms with Gasteiger partial charge in [-0.1, -0.05) is 24.3 Å². The Balaban J connectivity index is 1.81. The topological polar surface area (TPSA) is 21.3 Å². The quantitative estimate of drug-likeness (QED) is 0.715.